The molecule has 0 saturated carbocycles. The highest BCUT2D eigenvalue weighted by Gasteiger charge is 2.07. The summed E-state index contributed by atoms with van der Waals surface area (Å²) in [6, 6.07) is 10.5. The maximum atomic E-state index is 12.0. The second-order valence-corrected chi connectivity index (χ2v) is 4.72. The molecular weight excluding hydrogens is 268 g/mol. The number of benzene rings is 1. The molecule has 0 fully saturated rings. The molecule has 0 saturated heterocycles. The molecule has 0 aliphatic rings. The normalized spacial score (nSPS) is 10.3. The van der Waals surface area contributed by atoms with E-state index in [0.717, 1.165) is 5.75 Å². The SMILES string of the molecule is CC(C)Oc1ccc(NC(=O)c2ccc(NN)cn2)cc1. The summed E-state index contributed by atoms with van der Waals surface area (Å²) in [5.74, 6) is 5.73. The van der Waals surface area contributed by atoms with Gasteiger partial charge in [0.15, 0.2) is 0 Å². The van der Waals surface area contributed by atoms with Gasteiger partial charge in [0.05, 0.1) is 18.0 Å². The molecule has 1 aromatic carbocycles. The molecule has 2 rings (SSSR count). The van der Waals surface area contributed by atoms with Crippen LogP contribution in [-0.4, -0.2) is 17.0 Å². The first-order valence-electron chi connectivity index (χ1n) is 6.59. The van der Waals surface area contributed by atoms with E-state index in [4.69, 9.17) is 10.6 Å². The predicted octanol–water partition coefficient (Wildman–Crippen LogP) is 2.41. The van der Waals surface area contributed by atoms with Crippen LogP contribution in [0.3, 0.4) is 0 Å². The molecule has 0 atom stereocenters. The Morgan fingerprint density at radius 2 is 1.81 bits per heavy atom. The van der Waals surface area contributed by atoms with E-state index < -0.39 is 0 Å². The van der Waals surface area contributed by atoms with Gasteiger partial charge in [-0.25, -0.2) is 4.98 Å². The molecule has 0 bridgehead atoms. The Morgan fingerprint density at radius 1 is 1.14 bits per heavy atom. The second-order valence-electron chi connectivity index (χ2n) is 4.72. The number of nitrogen functional groups attached to an aromatic ring is 1. The van der Waals surface area contributed by atoms with Gasteiger partial charge in [-0.15, -0.1) is 0 Å². The number of aromatic nitrogens is 1. The van der Waals surface area contributed by atoms with Crippen molar-refractivity contribution in [2.45, 2.75) is 20.0 Å². The van der Waals surface area contributed by atoms with Gasteiger partial charge in [0.2, 0.25) is 0 Å². The van der Waals surface area contributed by atoms with E-state index in [1.165, 1.54) is 6.20 Å². The maximum absolute atomic E-state index is 12.0. The molecule has 21 heavy (non-hydrogen) atoms. The van der Waals surface area contributed by atoms with Gasteiger partial charge < -0.3 is 15.5 Å². The highest BCUT2D eigenvalue weighted by molar-refractivity contribution is 6.02. The number of ether oxygens (including phenoxy) is 1. The number of nitrogens with two attached hydrogens (primary N) is 1. The molecule has 110 valence electrons. The van der Waals surface area contributed by atoms with Crippen molar-refractivity contribution in [2.24, 2.45) is 5.84 Å². The molecule has 0 aliphatic heterocycles. The molecule has 6 nitrogen and oxygen atoms in total. The van der Waals surface area contributed by atoms with Gasteiger partial charge in [0.1, 0.15) is 11.4 Å². The lowest BCUT2D eigenvalue weighted by Crippen LogP contribution is -2.14. The number of hydrogen-bond acceptors (Lipinski definition) is 5. The van der Waals surface area contributed by atoms with E-state index in [1.54, 1.807) is 24.3 Å². The van der Waals surface area contributed by atoms with Crippen LogP contribution in [0.4, 0.5) is 11.4 Å². The number of hydrogen-bond donors (Lipinski definition) is 3. The van der Waals surface area contributed by atoms with Gasteiger partial charge in [0.25, 0.3) is 5.91 Å². The van der Waals surface area contributed by atoms with Crippen molar-refractivity contribution in [3.63, 3.8) is 0 Å². The number of carbonyl (C=O) groups is 1. The van der Waals surface area contributed by atoms with Crippen LogP contribution in [0.1, 0.15) is 24.3 Å². The Kier molecular flexibility index (Phi) is 4.73. The van der Waals surface area contributed by atoms with Crippen molar-refractivity contribution in [1.29, 1.82) is 0 Å². The Bertz CT molecular complexity index is 594. The molecule has 1 amide bonds. The third-order valence-corrected chi connectivity index (χ3v) is 2.65. The average Bonchev–Trinajstić information content (AvgIpc) is 2.49. The Labute approximate surface area is 123 Å². The fourth-order valence-electron chi connectivity index (χ4n) is 1.70. The number of rotatable bonds is 5. The van der Waals surface area contributed by atoms with Gasteiger partial charge in [-0.2, -0.15) is 0 Å². The number of amides is 1. The summed E-state index contributed by atoms with van der Waals surface area (Å²) in [4.78, 5) is 16.0. The minimum atomic E-state index is -0.281. The van der Waals surface area contributed by atoms with Crippen molar-refractivity contribution in [3.05, 3.63) is 48.3 Å². The minimum absolute atomic E-state index is 0.115. The lowest BCUT2D eigenvalue weighted by Gasteiger charge is -2.10. The number of nitrogens with one attached hydrogen (secondary N) is 2. The van der Waals surface area contributed by atoms with Crippen molar-refractivity contribution in [2.75, 3.05) is 10.7 Å². The summed E-state index contributed by atoms with van der Waals surface area (Å²) in [5.41, 5.74) is 4.09. The summed E-state index contributed by atoms with van der Waals surface area (Å²) in [6.07, 6.45) is 1.61. The quantitative estimate of drug-likeness (QED) is 0.580. The molecule has 1 aromatic heterocycles. The first-order chi connectivity index (χ1) is 10.1. The number of pyridine rings is 1. The lowest BCUT2D eigenvalue weighted by atomic mass is 10.2. The number of anilines is 2. The van der Waals surface area contributed by atoms with Crippen LogP contribution in [0.25, 0.3) is 0 Å². The molecular formula is C15H18N4O2. The monoisotopic (exact) mass is 286 g/mol. The summed E-state index contributed by atoms with van der Waals surface area (Å²) in [5, 5.41) is 2.77. The van der Waals surface area contributed by atoms with Gasteiger partial charge in [-0.3, -0.25) is 10.6 Å². The third kappa shape index (κ3) is 4.19. The molecule has 0 unspecified atom stereocenters. The Hall–Kier alpha value is -2.60. The number of hydrazine groups is 1. The Morgan fingerprint density at radius 3 is 2.33 bits per heavy atom. The van der Waals surface area contributed by atoms with E-state index in [-0.39, 0.29) is 12.0 Å². The van der Waals surface area contributed by atoms with Crippen molar-refractivity contribution in [3.8, 4) is 5.75 Å². The third-order valence-electron chi connectivity index (χ3n) is 2.65. The zero-order valence-corrected chi connectivity index (χ0v) is 12.0. The summed E-state index contributed by atoms with van der Waals surface area (Å²) >= 11 is 0. The molecule has 0 radical (unpaired) electrons. The first kappa shape index (κ1) is 14.8. The van der Waals surface area contributed by atoms with Gasteiger partial charge in [-0.05, 0) is 50.2 Å². The van der Waals surface area contributed by atoms with Gasteiger partial charge in [-0.1, -0.05) is 0 Å². The standard InChI is InChI=1S/C15H18N4O2/c1-10(2)21-13-6-3-11(4-7-13)18-15(20)14-8-5-12(19-16)9-17-14/h3-10,19H,16H2,1-2H3,(H,18,20). The number of carbonyl (C=O) groups excluding carboxylic acids is 1. The van der Waals surface area contributed by atoms with Crippen LogP contribution in [0.2, 0.25) is 0 Å². The van der Waals surface area contributed by atoms with Crippen LogP contribution in [0.5, 0.6) is 5.75 Å². The zero-order valence-electron chi connectivity index (χ0n) is 12.0. The van der Waals surface area contributed by atoms with Gasteiger partial charge in [0, 0.05) is 5.69 Å². The molecule has 6 heteroatoms. The second kappa shape index (κ2) is 6.71. The summed E-state index contributed by atoms with van der Waals surface area (Å²) < 4.78 is 5.54. The van der Waals surface area contributed by atoms with E-state index in [1.807, 2.05) is 26.0 Å². The van der Waals surface area contributed by atoms with Crippen LogP contribution in [0.15, 0.2) is 42.6 Å². The predicted molar refractivity (Wildman–Crippen MR) is 82.2 cm³/mol. The smallest absolute Gasteiger partial charge is 0.274 e. The van der Waals surface area contributed by atoms with E-state index in [0.29, 0.717) is 17.1 Å². The lowest BCUT2D eigenvalue weighted by molar-refractivity contribution is 0.102. The molecule has 2 aromatic rings. The summed E-state index contributed by atoms with van der Waals surface area (Å²) in [6.45, 7) is 3.92. The van der Waals surface area contributed by atoms with Crippen molar-refractivity contribution < 1.29 is 9.53 Å². The van der Waals surface area contributed by atoms with E-state index in [9.17, 15) is 4.79 Å². The van der Waals surface area contributed by atoms with Crippen molar-refractivity contribution >= 4 is 17.3 Å². The highest BCUT2D eigenvalue weighted by atomic mass is 16.5. The molecule has 0 aliphatic carbocycles. The maximum Gasteiger partial charge on any atom is 0.274 e. The zero-order chi connectivity index (χ0) is 15.2. The fourth-order valence-corrected chi connectivity index (χ4v) is 1.70. The number of nitrogens with zero attached hydrogens (tertiary/aromatic N) is 1. The van der Waals surface area contributed by atoms with Crippen molar-refractivity contribution in [1.82, 2.24) is 4.98 Å². The first-order valence-corrected chi connectivity index (χ1v) is 6.59. The highest BCUT2D eigenvalue weighted by Crippen LogP contribution is 2.17. The van der Waals surface area contributed by atoms with E-state index >= 15 is 0 Å². The van der Waals surface area contributed by atoms with Crippen LogP contribution < -0.4 is 21.3 Å². The van der Waals surface area contributed by atoms with Crippen LogP contribution >= 0.6 is 0 Å². The van der Waals surface area contributed by atoms with Gasteiger partial charge >= 0.3 is 0 Å². The molecule has 0 spiro atoms. The van der Waals surface area contributed by atoms with Crippen LogP contribution in [0, 0.1) is 0 Å². The minimum Gasteiger partial charge on any atom is -0.491 e. The summed E-state index contributed by atoms with van der Waals surface area (Å²) in [7, 11) is 0. The van der Waals surface area contributed by atoms with E-state index in [2.05, 4.69) is 15.7 Å². The average molecular weight is 286 g/mol. The fraction of sp³-hybridized carbons (Fsp3) is 0.200. The molecule has 4 N–H and O–H groups in total. The largest absolute Gasteiger partial charge is 0.491 e. The Balaban J connectivity index is 2.01. The molecule has 1 heterocycles. The topological polar surface area (TPSA) is 89.3 Å². The van der Waals surface area contributed by atoms with Crippen LogP contribution in [-0.2, 0) is 0 Å².